The van der Waals surface area contributed by atoms with Crippen molar-refractivity contribution in [3.8, 4) is 17.3 Å². The Balaban J connectivity index is 2.25. The van der Waals surface area contributed by atoms with Crippen LogP contribution in [0.5, 0.6) is 5.88 Å². The van der Waals surface area contributed by atoms with Crippen molar-refractivity contribution >= 4 is 11.2 Å². The molecule has 0 aliphatic carbocycles. The summed E-state index contributed by atoms with van der Waals surface area (Å²) in [5, 5.41) is 0. The van der Waals surface area contributed by atoms with Crippen LogP contribution in [-0.2, 0) is 6.18 Å². The summed E-state index contributed by atoms with van der Waals surface area (Å²) in [5.74, 6) is -0.122. The molecule has 0 radical (unpaired) electrons. The molecule has 2 heterocycles. The van der Waals surface area contributed by atoms with Gasteiger partial charge in [0.1, 0.15) is 5.82 Å². The highest BCUT2D eigenvalue weighted by atomic mass is 19.4. The van der Waals surface area contributed by atoms with Gasteiger partial charge in [0.05, 0.1) is 18.9 Å². The van der Waals surface area contributed by atoms with Gasteiger partial charge >= 0.3 is 6.18 Å². The molecule has 0 aliphatic heterocycles. The largest absolute Gasteiger partial charge is 0.480 e. The summed E-state index contributed by atoms with van der Waals surface area (Å²) in [6, 6.07) is 4.83. The number of ether oxygens (including phenoxy) is 1. The minimum absolute atomic E-state index is 0.0680. The Morgan fingerprint density at radius 3 is 2.61 bits per heavy atom. The monoisotopic (exact) mass is 322 g/mol. The summed E-state index contributed by atoms with van der Waals surface area (Å²) in [4.78, 5) is 26.1. The smallest absolute Gasteiger partial charge is 0.417 e. The first-order valence-electron chi connectivity index (χ1n) is 6.38. The van der Waals surface area contributed by atoms with Crippen LogP contribution in [0.2, 0.25) is 0 Å². The van der Waals surface area contributed by atoms with Crippen LogP contribution in [0.4, 0.5) is 13.2 Å². The third kappa shape index (κ3) is 2.72. The van der Waals surface area contributed by atoms with Gasteiger partial charge in [0.25, 0.3) is 5.56 Å². The summed E-state index contributed by atoms with van der Waals surface area (Å²) in [7, 11) is 1.35. The van der Waals surface area contributed by atoms with Crippen LogP contribution in [0, 0.1) is 0 Å². The first-order chi connectivity index (χ1) is 10.9. The molecular weight excluding hydrogens is 313 g/mol. The second kappa shape index (κ2) is 5.34. The number of H-pyrrole nitrogens is 1. The van der Waals surface area contributed by atoms with Gasteiger partial charge < -0.3 is 9.72 Å². The summed E-state index contributed by atoms with van der Waals surface area (Å²) < 4.78 is 44.1. The molecular formula is C14H9F3N4O2. The number of hydrogen-bond donors (Lipinski definition) is 1. The van der Waals surface area contributed by atoms with Gasteiger partial charge in [0.2, 0.25) is 5.88 Å². The number of alkyl halides is 3. The zero-order valence-corrected chi connectivity index (χ0v) is 11.7. The molecule has 0 atom stereocenters. The van der Waals surface area contributed by atoms with Crippen molar-refractivity contribution in [2.45, 2.75) is 6.18 Å². The number of aromatic nitrogens is 4. The zero-order chi connectivity index (χ0) is 16.6. The molecule has 23 heavy (non-hydrogen) atoms. The lowest BCUT2D eigenvalue weighted by Gasteiger charge is -2.12. The molecule has 1 aromatic carbocycles. The molecule has 118 valence electrons. The summed E-state index contributed by atoms with van der Waals surface area (Å²) in [6.07, 6.45) is -3.34. The van der Waals surface area contributed by atoms with Gasteiger partial charge in [0, 0.05) is 5.56 Å². The molecule has 9 heteroatoms. The molecule has 6 nitrogen and oxygen atoms in total. The summed E-state index contributed by atoms with van der Waals surface area (Å²) in [6.45, 7) is 0. The normalized spacial score (nSPS) is 11.7. The second-order valence-corrected chi connectivity index (χ2v) is 4.54. The van der Waals surface area contributed by atoms with E-state index in [9.17, 15) is 18.0 Å². The van der Waals surface area contributed by atoms with Crippen molar-refractivity contribution < 1.29 is 17.9 Å². The third-order valence-corrected chi connectivity index (χ3v) is 3.09. The van der Waals surface area contributed by atoms with Crippen LogP contribution in [-0.4, -0.2) is 27.0 Å². The standard InChI is InChI=1S/C14H9F3N4O2/c1-23-9-6-18-12-10(19-9)13(22)21-11(20-12)7-4-2-3-5-8(7)14(15,16)17/h2-6H,1H3,(H,18,20,21,22). The lowest BCUT2D eigenvalue weighted by atomic mass is 10.1. The Kier molecular flexibility index (Phi) is 3.47. The maximum absolute atomic E-state index is 13.1. The van der Waals surface area contributed by atoms with Crippen molar-refractivity contribution in [2.75, 3.05) is 7.11 Å². The number of rotatable bonds is 2. The van der Waals surface area contributed by atoms with E-state index in [4.69, 9.17) is 4.74 Å². The van der Waals surface area contributed by atoms with Crippen LogP contribution in [0.1, 0.15) is 5.56 Å². The summed E-state index contributed by atoms with van der Waals surface area (Å²) in [5.41, 5.74) is -2.02. The summed E-state index contributed by atoms with van der Waals surface area (Å²) >= 11 is 0. The minimum atomic E-state index is -4.57. The average Bonchev–Trinajstić information content (AvgIpc) is 2.53. The van der Waals surface area contributed by atoms with Gasteiger partial charge in [-0.1, -0.05) is 18.2 Å². The van der Waals surface area contributed by atoms with E-state index in [0.717, 1.165) is 6.07 Å². The quantitative estimate of drug-likeness (QED) is 0.783. The van der Waals surface area contributed by atoms with Gasteiger partial charge in [-0.2, -0.15) is 13.2 Å². The van der Waals surface area contributed by atoms with Crippen LogP contribution in [0.3, 0.4) is 0 Å². The molecule has 0 saturated carbocycles. The predicted molar refractivity (Wildman–Crippen MR) is 74.9 cm³/mol. The third-order valence-electron chi connectivity index (χ3n) is 3.09. The van der Waals surface area contributed by atoms with E-state index >= 15 is 0 Å². The molecule has 0 unspecified atom stereocenters. The van der Waals surface area contributed by atoms with Gasteiger partial charge in [-0.25, -0.2) is 15.0 Å². The van der Waals surface area contributed by atoms with Gasteiger partial charge in [0.15, 0.2) is 11.2 Å². The SMILES string of the molecule is COc1cnc2nc(-c3ccccc3C(F)(F)F)[nH]c(=O)c2n1. The fourth-order valence-corrected chi connectivity index (χ4v) is 2.06. The van der Waals surface area contributed by atoms with Gasteiger partial charge in [-0.15, -0.1) is 0 Å². The lowest BCUT2D eigenvalue weighted by Crippen LogP contribution is -2.14. The molecule has 0 amide bonds. The maximum atomic E-state index is 13.1. The number of halogens is 3. The Morgan fingerprint density at radius 2 is 1.91 bits per heavy atom. The zero-order valence-electron chi connectivity index (χ0n) is 11.7. The van der Waals surface area contributed by atoms with Crippen molar-refractivity contribution in [1.29, 1.82) is 0 Å². The van der Waals surface area contributed by atoms with Gasteiger partial charge in [-0.3, -0.25) is 4.79 Å². The topological polar surface area (TPSA) is 80.8 Å². The van der Waals surface area contributed by atoms with Crippen molar-refractivity contribution in [2.24, 2.45) is 0 Å². The van der Waals surface area contributed by atoms with E-state index in [1.807, 2.05) is 0 Å². The van der Waals surface area contributed by atoms with E-state index < -0.39 is 17.3 Å². The Morgan fingerprint density at radius 1 is 1.17 bits per heavy atom. The molecule has 2 aromatic heterocycles. The number of nitrogens with zero attached hydrogens (tertiary/aromatic N) is 3. The van der Waals surface area contributed by atoms with Crippen molar-refractivity contribution in [3.05, 3.63) is 46.4 Å². The molecule has 0 spiro atoms. The highest BCUT2D eigenvalue weighted by Gasteiger charge is 2.34. The minimum Gasteiger partial charge on any atom is -0.480 e. The van der Waals surface area contributed by atoms with E-state index in [0.29, 0.717) is 0 Å². The number of nitrogens with one attached hydrogen (secondary N) is 1. The van der Waals surface area contributed by atoms with Crippen LogP contribution in [0.15, 0.2) is 35.3 Å². The predicted octanol–water partition coefficient (Wildman–Crippen LogP) is 2.41. The second-order valence-electron chi connectivity index (χ2n) is 4.54. The Bertz CT molecular complexity index is 937. The molecule has 0 fully saturated rings. The maximum Gasteiger partial charge on any atom is 0.417 e. The van der Waals surface area contributed by atoms with Crippen LogP contribution in [0.25, 0.3) is 22.6 Å². The number of methoxy groups -OCH3 is 1. The number of hydrogen-bond acceptors (Lipinski definition) is 5. The highest BCUT2D eigenvalue weighted by Crippen LogP contribution is 2.35. The van der Waals surface area contributed by atoms with Crippen molar-refractivity contribution in [1.82, 2.24) is 19.9 Å². The molecule has 1 N–H and O–H groups in total. The highest BCUT2D eigenvalue weighted by molar-refractivity contribution is 5.73. The fourth-order valence-electron chi connectivity index (χ4n) is 2.06. The molecule has 3 aromatic rings. The molecule has 0 bridgehead atoms. The first-order valence-corrected chi connectivity index (χ1v) is 6.38. The van der Waals surface area contributed by atoms with Crippen LogP contribution >= 0.6 is 0 Å². The Hall–Kier alpha value is -2.97. The first kappa shape index (κ1) is 14.9. The fraction of sp³-hybridized carbons (Fsp3) is 0.143. The molecule has 3 rings (SSSR count). The Labute approximate surface area is 127 Å². The van der Waals surface area contributed by atoms with Crippen LogP contribution < -0.4 is 10.3 Å². The van der Waals surface area contributed by atoms with E-state index in [2.05, 4.69) is 19.9 Å². The molecule has 0 aliphatic rings. The van der Waals surface area contributed by atoms with E-state index in [-0.39, 0.29) is 28.4 Å². The van der Waals surface area contributed by atoms with E-state index in [1.165, 1.54) is 31.5 Å². The van der Waals surface area contributed by atoms with Gasteiger partial charge in [-0.05, 0) is 6.07 Å². The number of aromatic amines is 1. The average molecular weight is 322 g/mol. The van der Waals surface area contributed by atoms with E-state index in [1.54, 1.807) is 0 Å². The number of benzene rings is 1. The van der Waals surface area contributed by atoms with Crippen molar-refractivity contribution in [3.63, 3.8) is 0 Å². The lowest BCUT2D eigenvalue weighted by molar-refractivity contribution is -0.137. The number of fused-ring (bicyclic) bond motifs is 1. The molecule has 0 saturated heterocycles.